The van der Waals surface area contributed by atoms with E-state index in [1.54, 1.807) is 16.4 Å². The first-order valence-electron chi connectivity index (χ1n) is 7.58. The molecule has 112 valence electrons. The first-order chi connectivity index (χ1) is 9.81. The summed E-state index contributed by atoms with van der Waals surface area (Å²) in [7, 11) is 0. The summed E-state index contributed by atoms with van der Waals surface area (Å²) in [4.78, 5) is 0. The number of nitrogens with two attached hydrogens (primary N) is 1. The molecule has 2 fully saturated rings. The molecule has 0 aromatic carbocycles. The molecule has 1 aliphatic heterocycles. The predicted molar refractivity (Wildman–Crippen MR) is 77.5 cm³/mol. The van der Waals surface area contributed by atoms with Crippen LogP contribution in [0.1, 0.15) is 44.9 Å². The molecule has 1 spiro atoms. The molecular weight excluding hydrogens is 274 g/mol. The zero-order valence-corrected chi connectivity index (χ0v) is 12.6. The molecule has 1 aromatic heterocycles. The van der Waals surface area contributed by atoms with Gasteiger partial charge in [-0.3, -0.25) is 0 Å². The average Bonchev–Trinajstić information content (AvgIpc) is 3.06. The van der Waals surface area contributed by atoms with E-state index in [-0.39, 0.29) is 5.60 Å². The van der Waals surface area contributed by atoms with Gasteiger partial charge in [-0.05, 0) is 36.1 Å². The second kappa shape index (κ2) is 6.41. The molecule has 2 N–H and O–H groups in total. The van der Waals surface area contributed by atoms with Crippen molar-refractivity contribution in [3.05, 3.63) is 0 Å². The number of thioether (sulfide) groups is 1. The van der Waals surface area contributed by atoms with E-state index in [0.717, 1.165) is 10.9 Å². The molecule has 3 rings (SSSR count). The highest BCUT2D eigenvalue weighted by Gasteiger charge is 2.40. The van der Waals surface area contributed by atoms with Gasteiger partial charge >= 0.3 is 0 Å². The molecular formula is C13H23N5OS. The van der Waals surface area contributed by atoms with E-state index < -0.39 is 0 Å². The molecule has 2 aliphatic rings. The zero-order valence-electron chi connectivity index (χ0n) is 11.8. The first kappa shape index (κ1) is 14.3. The molecule has 0 radical (unpaired) electrons. The largest absolute Gasteiger partial charge is 0.371 e. The molecule has 1 aliphatic carbocycles. The van der Waals surface area contributed by atoms with Gasteiger partial charge in [-0.1, -0.05) is 31.0 Å². The maximum absolute atomic E-state index is 6.36. The third kappa shape index (κ3) is 3.15. The Kier molecular flexibility index (Phi) is 4.58. The maximum Gasteiger partial charge on any atom is 0.209 e. The Hall–Kier alpha value is -0.660. The third-order valence-electron chi connectivity index (χ3n) is 4.34. The number of ether oxygens (including phenoxy) is 1. The van der Waals surface area contributed by atoms with Crippen LogP contribution >= 0.6 is 11.8 Å². The topological polar surface area (TPSA) is 78.9 Å². The Balaban J connectivity index is 1.51. The van der Waals surface area contributed by atoms with Gasteiger partial charge < -0.3 is 10.5 Å². The number of hydrogen-bond acceptors (Lipinski definition) is 6. The molecule has 0 bridgehead atoms. The first-order valence-corrected chi connectivity index (χ1v) is 8.57. The van der Waals surface area contributed by atoms with E-state index >= 15 is 0 Å². The summed E-state index contributed by atoms with van der Waals surface area (Å²) < 4.78 is 8.14. The summed E-state index contributed by atoms with van der Waals surface area (Å²) in [6.45, 7) is 1.23. The Morgan fingerprint density at radius 2 is 2.15 bits per heavy atom. The quantitative estimate of drug-likeness (QED) is 0.832. The fraction of sp³-hybridized carbons (Fsp3) is 0.923. The van der Waals surface area contributed by atoms with E-state index in [9.17, 15) is 0 Å². The Labute approximate surface area is 123 Å². The van der Waals surface area contributed by atoms with Crippen LogP contribution in [-0.4, -0.2) is 44.2 Å². The van der Waals surface area contributed by atoms with Crippen molar-refractivity contribution in [2.24, 2.45) is 5.73 Å². The summed E-state index contributed by atoms with van der Waals surface area (Å²) >= 11 is 1.68. The molecule has 1 unspecified atom stereocenters. The van der Waals surface area contributed by atoms with Crippen molar-refractivity contribution in [3.63, 3.8) is 0 Å². The minimum absolute atomic E-state index is 0.201. The van der Waals surface area contributed by atoms with Crippen LogP contribution in [0.15, 0.2) is 5.16 Å². The monoisotopic (exact) mass is 297 g/mol. The minimum Gasteiger partial charge on any atom is -0.371 e. The van der Waals surface area contributed by atoms with Crippen molar-refractivity contribution in [1.82, 2.24) is 20.2 Å². The van der Waals surface area contributed by atoms with Gasteiger partial charge in [0.1, 0.15) is 0 Å². The van der Waals surface area contributed by atoms with Gasteiger partial charge in [0.05, 0.1) is 18.2 Å². The lowest BCUT2D eigenvalue weighted by atomic mass is 9.83. The van der Waals surface area contributed by atoms with Crippen molar-refractivity contribution in [2.75, 3.05) is 12.3 Å². The van der Waals surface area contributed by atoms with E-state index in [0.29, 0.717) is 19.2 Å². The highest BCUT2D eigenvalue weighted by atomic mass is 32.2. The molecule has 7 heteroatoms. The van der Waals surface area contributed by atoms with Crippen LogP contribution in [0.4, 0.5) is 0 Å². The van der Waals surface area contributed by atoms with Crippen LogP contribution in [0.25, 0.3) is 0 Å². The Morgan fingerprint density at radius 3 is 2.95 bits per heavy atom. The fourth-order valence-corrected chi connectivity index (χ4v) is 4.25. The molecule has 1 saturated heterocycles. The van der Waals surface area contributed by atoms with Crippen LogP contribution < -0.4 is 5.73 Å². The number of aromatic nitrogens is 4. The Bertz CT molecular complexity index is 432. The fourth-order valence-electron chi connectivity index (χ4n) is 3.31. The van der Waals surface area contributed by atoms with Gasteiger partial charge in [0.2, 0.25) is 5.16 Å². The van der Waals surface area contributed by atoms with E-state index in [2.05, 4.69) is 15.5 Å². The molecule has 1 saturated carbocycles. The molecule has 20 heavy (non-hydrogen) atoms. The van der Waals surface area contributed by atoms with E-state index in [1.165, 1.54) is 44.9 Å². The van der Waals surface area contributed by atoms with Crippen molar-refractivity contribution in [3.8, 4) is 0 Å². The second-order valence-electron chi connectivity index (χ2n) is 5.81. The molecule has 1 aromatic rings. The Morgan fingerprint density at radius 1 is 1.30 bits per heavy atom. The van der Waals surface area contributed by atoms with Crippen LogP contribution in [0, 0.1) is 0 Å². The van der Waals surface area contributed by atoms with Crippen molar-refractivity contribution < 1.29 is 4.74 Å². The summed E-state index contributed by atoms with van der Waals surface area (Å²) in [5.74, 6) is 0.937. The summed E-state index contributed by atoms with van der Waals surface area (Å²) in [6, 6.07) is 0. The van der Waals surface area contributed by atoms with Crippen molar-refractivity contribution in [2.45, 2.75) is 68.4 Å². The maximum atomic E-state index is 6.36. The minimum atomic E-state index is 0.201. The van der Waals surface area contributed by atoms with Gasteiger partial charge in [0.25, 0.3) is 0 Å². The van der Waals surface area contributed by atoms with Crippen LogP contribution in [0.5, 0.6) is 0 Å². The molecule has 0 amide bonds. The van der Waals surface area contributed by atoms with E-state index in [4.69, 9.17) is 10.5 Å². The predicted octanol–water partition coefficient (Wildman–Crippen LogP) is 1.61. The van der Waals surface area contributed by atoms with Gasteiger partial charge in [0.15, 0.2) is 0 Å². The van der Waals surface area contributed by atoms with Crippen molar-refractivity contribution >= 4 is 11.8 Å². The normalized spacial score (nSPS) is 25.4. The van der Waals surface area contributed by atoms with Crippen LogP contribution in [0.2, 0.25) is 0 Å². The summed E-state index contributed by atoms with van der Waals surface area (Å²) in [6.07, 6.45) is 9.28. The van der Waals surface area contributed by atoms with Gasteiger partial charge in [-0.25, -0.2) is 4.68 Å². The number of hydrogen-bond donors (Lipinski definition) is 1. The van der Waals surface area contributed by atoms with Gasteiger partial charge in [-0.15, -0.1) is 5.10 Å². The smallest absolute Gasteiger partial charge is 0.209 e. The third-order valence-corrected chi connectivity index (χ3v) is 5.43. The van der Waals surface area contributed by atoms with E-state index in [1.807, 2.05) is 0 Å². The van der Waals surface area contributed by atoms with Crippen LogP contribution in [0.3, 0.4) is 0 Å². The van der Waals surface area contributed by atoms with Crippen molar-refractivity contribution in [1.29, 1.82) is 0 Å². The number of nitrogens with zero attached hydrogens (tertiary/aromatic N) is 4. The van der Waals surface area contributed by atoms with Gasteiger partial charge in [0, 0.05) is 12.3 Å². The van der Waals surface area contributed by atoms with Crippen LogP contribution in [-0.2, 0) is 11.3 Å². The van der Waals surface area contributed by atoms with Gasteiger partial charge in [-0.2, -0.15) is 0 Å². The summed E-state index contributed by atoms with van der Waals surface area (Å²) in [5.41, 5.74) is 5.75. The number of tetrazole rings is 1. The highest BCUT2D eigenvalue weighted by Crippen LogP contribution is 2.42. The lowest BCUT2D eigenvalue weighted by molar-refractivity contribution is -0.0555. The SMILES string of the molecule is NCCn1nnnc1SCC1CCC2(CCCCC2)O1. The lowest BCUT2D eigenvalue weighted by Gasteiger charge is -2.33. The summed E-state index contributed by atoms with van der Waals surface area (Å²) in [5, 5.41) is 12.6. The molecule has 6 nitrogen and oxygen atoms in total. The zero-order chi connectivity index (χ0) is 13.8. The molecule has 2 heterocycles. The second-order valence-corrected chi connectivity index (χ2v) is 6.79. The molecule has 1 atom stereocenters. The standard InChI is InChI=1S/C13H23N5OS/c14-8-9-18-12(15-16-17-18)20-10-11-4-7-13(19-11)5-2-1-3-6-13/h11H,1-10,14H2. The highest BCUT2D eigenvalue weighted by molar-refractivity contribution is 7.99. The number of rotatable bonds is 5. The average molecular weight is 297 g/mol. The lowest BCUT2D eigenvalue weighted by Crippen LogP contribution is -2.32.